The Balaban J connectivity index is 1.75. The molecule has 1 aliphatic heterocycles. The Labute approximate surface area is 205 Å². The van der Waals surface area contributed by atoms with Gasteiger partial charge >= 0.3 is 0 Å². The van der Waals surface area contributed by atoms with Crippen molar-refractivity contribution < 1.29 is 28.6 Å². The molecule has 0 bridgehead atoms. The predicted molar refractivity (Wildman–Crippen MR) is 132 cm³/mol. The topological polar surface area (TPSA) is 102 Å². The molecule has 1 amide bonds. The SMILES string of the molecule is COc1ccc(OC)c([C@H]2C(C(=O)c3ccco3)=C(O)C(=O)N2c2nc3c(C)cc(C)cc3s2)c1. The molecular weight excluding hydrogens is 468 g/mol. The summed E-state index contributed by atoms with van der Waals surface area (Å²) in [6, 6.07) is 11.1. The summed E-state index contributed by atoms with van der Waals surface area (Å²) in [5, 5.41) is 11.3. The van der Waals surface area contributed by atoms with E-state index in [0.29, 0.717) is 22.2 Å². The van der Waals surface area contributed by atoms with Gasteiger partial charge in [0, 0.05) is 5.56 Å². The molecule has 0 unspecified atom stereocenters. The number of carbonyl (C=O) groups is 2. The summed E-state index contributed by atoms with van der Waals surface area (Å²) in [7, 11) is 3.01. The molecule has 0 aliphatic carbocycles. The Morgan fingerprint density at radius 2 is 1.94 bits per heavy atom. The van der Waals surface area contributed by atoms with Gasteiger partial charge in [-0.3, -0.25) is 14.5 Å². The summed E-state index contributed by atoms with van der Waals surface area (Å²) in [4.78, 5) is 33.0. The Hall–Kier alpha value is -4.11. The number of methoxy groups -OCH3 is 2. The lowest BCUT2D eigenvalue weighted by atomic mass is 9.94. The lowest BCUT2D eigenvalue weighted by molar-refractivity contribution is -0.117. The number of carbonyl (C=O) groups excluding carboxylic acids is 2. The minimum Gasteiger partial charge on any atom is -0.503 e. The summed E-state index contributed by atoms with van der Waals surface area (Å²) in [5.74, 6) is -1.08. The molecule has 35 heavy (non-hydrogen) atoms. The van der Waals surface area contributed by atoms with E-state index in [1.165, 1.54) is 42.8 Å². The van der Waals surface area contributed by atoms with E-state index >= 15 is 0 Å². The maximum Gasteiger partial charge on any atom is 0.296 e. The van der Waals surface area contributed by atoms with Crippen molar-refractivity contribution in [3.63, 3.8) is 0 Å². The zero-order chi connectivity index (χ0) is 24.9. The van der Waals surface area contributed by atoms with Crippen molar-refractivity contribution >= 4 is 38.4 Å². The van der Waals surface area contributed by atoms with E-state index in [2.05, 4.69) is 0 Å². The second-order valence-corrected chi connectivity index (χ2v) is 9.19. The molecule has 0 saturated heterocycles. The van der Waals surface area contributed by atoms with E-state index in [4.69, 9.17) is 18.9 Å². The van der Waals surface area contributed by atoms with Gasteiger partial charge in [0.05, 0.1) is 36.3 Å². The zero-order valence-electron chi connectivity index (χ0n) is 19.5. The first-order valence-electron chi connectivity index (χ1n) is 10.8. The van der Waals surface area contributed by atoms with Crippen LogP contribution in [-0.4, -0.2) is 36.0 Å². The first kappa shape index (κ1) is 22.7. The molecule has 1 N–H and O–H groups in total. The van der Waals surface area contributed by atoms with Crippen LogP contribution in [0.2, 0.25) is 0 Å². The fraction of sp³-hybridized carbons (Fsp3) is 0.192. The number of aliphatic hydroxyl groups is 1. The summed E-state index contributed by atoms with van der Waals surface area (Å²) in [5.41, 5.74) is 3.13. The average molecular weight is 491 g/mol. The second kappa shape index (κ2) is 8.59. The smallest absolute Gasteiger partial charge is 0.296 e. The highest BCUT2D eigenvalue weighted by molar-refractivity contribution is 7.22. The molecule has 0 spiro atoms. The van der Waals surface area contributed by atoms with E-state index in [1.807, 2.05) is 26.0 Å². The highest BCUT2D eigenvalue weighted by Gasteiger charge is 2.47. The zero-order valence-corrected chi connectivity index (χ0v) is 20.3. The van der Waals surface area contributed by atoms with Crippen LogP contribution in [0.1, 0.15) is 33.3 Å². The van der Waals surface area contributed by atoms with Crippen molar-refractivity contribution in [1.82, 2.24) is 4.98 Å². The highest BCUT2D eigenvalue weighted by Crippen LogP contribution is 2.47. The van der Waals surface area contributed by atoms with Crippen LogP contribution in [0.25, 0.3) is 10.2 Å². The van der Waals surface area contributed by atoms with Gasteiger partial charge in [-0.1, -0.05) is 17.4 Å². The van der Waals surface area contributed by atoms with E-state index in [-0.39, 0.29) is 11.3 Å². The number of aryl methyl sites for hydroxylation is 2. The third-order valence-electron chi connectivity index (χ3n) is 5.95. The number of thiazole rings is 1. The van der Waals surface area contributed by atoms with Crippen LogP contribution >= 0.6 is 11.3 Å². The van der Waals surface area contributed by atoms with Crippen LogP contribution in [0.4, 0.5) is 5.13 Å². The average Bonchev–Trinajstić information content (AvgIpc) is 3.57. The van der Waals surface area contributed by atoms with Gasteiger partial charge in [0.2, 0.25) is 5.78 Å². The molecule has 0 fully saturated rings. The normalized spacial score (nSPS) is 15.8. The maximum atomic E-state index is 13.5. The van der Waals surface area contributed by atoms with E-state index in [0.717, 1.165) is 21.3 Å². The van der Waals surface area contributed by atoms with Crippen LogP contribution in [0.5, 0.6) is 11.5 Å². The second-order valence-electron chi connectivity index (χ2n) is 8.18. The highest BCUT2D eigenvalue weighted by atomic mass is 32.1. The lowest BCUT2D eigenvalue weighted by Gasteiger charge is -2.26. The van der Waals surface area contributed by atoms with Gasteiger partial charge in [-0.25, -0.2) is 4.98 Å². The number of rotatable bonds is 6. The Morgan fingerprint density at radius 1 is 1.14 bits per heavy atom. The van der Waals surface area contributed by atoms with Gasteiger partial charge in [0.15, 0.2) is 16.7 Å². The minimum absolute atomic E-state index is 0.00355. The number of aromatic nitrogens is 1. The van der Waals surface area contributed by atoms with E-state index in [9.17, 15) is 14.7 Å². The third-order valence-corrected chi connectivity index (χ3v) is 6.96. The van der Waals surface area contributed by atoms with Crippen LogP contribution in [0.3, 0.4) is 0 Å². The van der Waals surface area contributed by atoms with Crippen LogP contribution in [0, 0.1) is 13.8 Å². The van der Waals surface area contributed by atoms with Crippen LogP contribution in [-0.2, 0) is 4.79 Å². The molecule has 9 heteroatoms. The number of hydrogen-bond donors (Lipinski definition) is 1. The van der Waals surface area contributed by atoms with Crippen molar-refractivity contribution in [2.45, 2.75) is 19.9 Å². The maximum absolute atomic E-state index is 13.5. The predicted octanol–water partition coefficient (Wildman–Crippen LogP) is 5.31. The van der Waals surface area contributed by atoms with Gasteiger partial charge in [0.1, 0.15) is 17.5 Å². The van der Waals surface area contributed by atoms with Crippen LogP contribution < -0.4 is 14.4 Å². The molecule has 1 aliphatic rings. The number of anilines is 1. The molecule has 1 atom stereocenters. The van der Waals surface area contributed by atoms with Gasteiger partial charge < -0.3 is 19.0 Å². The lowest BCUT2D eigenvalue weighted by Crippen LogP contribution is -2.31. The van der Waals surface area contributed by atoms with E-state index < -0.39 is 23.5 Å². The number of nitrogens with zero attached hydrogens (tertiary/aromatic N) is 2. The molecule has 2 aromatic heterocycles. The fourth-order valence-electron chi connectivity index (χ4n) is 4.38. The Morgan fingerprint density at radius 3 is 2.63 bits per heavy atom. The summed E-state index contributed by atoms with van der Waals surface area (Å²) in [6.45, 7) is 3.94. The molecule has 0 radical (unpaired) electrons. The molecule has 3 heterocycles. The summed E-state index contributed by atoms with van der Waals surface area (Å²) in [6.07, 6.45) is 1.36. The molecule has 8 nitrogen and oxygen atoms in total. The van der Waals surface area contributed by atoms with Crippen molar-refractivity contribution in [2.75, 3.05) is 19.1 Å². The van der Waals surface area contributed by atoms with Gasteiger partial charge in [-0.05, 0) is 61.4 Å². The molecule has 4 aromatic rings. The fourth-order valence-corrected chi connectivity index (χ4v) is 5.55. The number of fused-ring (bicyclic) bond motifs is 1. The van der Waals surface area contributed by atoms with Gasteiger partial charge in [-0.2, -0.15) is 0 Å². The van der Waals surface area contributed by atoms with Crippen molar-refractivity contribution in [3.8, 4) is 11.5 Å². The van der Waals surface area contributed by atoms with Gasteiger partial charge in [-0.15, -0.1) is 0 Å². The largest absolute Gasteiger partial charge is 0.503 e. The summed E-state index contributed by atoms with van der Waals surface area (Å²) < 4.78 is 17.2. The number of Topliss-reactive ketones (excluding diaryl/α,β-unsaturated/α-hetero) is 1. The molecule has 5 rings (SSSR count). The number of aliphatic hydroxyl groups excluding tert-OH is 1. The monoisotopic (exact) mass is 490 g/mol. The molecule has 178 valence electrons. The van der Waals surface area contributed by atoms with Crippen molar-refractivity contribution in [1.29, 1.82) is 0 Å². The minimum atomic E-state index is -1.02. The number of benzene rings is 2. The first-order valence-corrected chi connectivity index (χ1v) is 11.6. The Kier molecular flexibility index (Phi) is 5.56. The number of hydrogen-bond acceptors (Lipinski definition) is 8. The van der Waals surface area contributed by atoms with E-state index in [1.54, 1.807) is 24.3 Å². The first-order chi connectivity index (χ1) is 16.8. The van der Waals surface area contributed by atoms with Gasteiger partial charge in [0.25, 0.3) is 5.91 Å². The third kappa shape index (κ3) is 3.64. The van der Waals surface area contributed by atoms with Crippen molar-refractivity contribution in [2.24, 2.45) is 0 Å². The number of amides is 1. The number of ketones is 1. The summed E-state index contributed by atoms with van der Waals surface area (Å²) >= 11 is 1.31. The number of furan rings is 1. The molecular formula is C26H22N2O6S. The van der Waals surface area contributed by atoms with Crippen LogP contribution in [0.15, 0.2) is 64.5 Å². The Bertz CT molecular complexity index is 1500. The molecule has 2 aromatic carbocycles. The quantitative estimate of drug-likeness (QED) is 0.366. The standard InChI is InChI=1S/C26H22N2O6S/c1-13-10-14(2)21-19(11-13)35-26(27-21)28-22(16-12-15(32-3)7-8-17(16)33-4)20(24(30)25(28)31)23(29)18-6-5-9-34-18/h5-12,22,30H,1-4H3/t22-/m0/s1. The molecule has 0 saturated carbocycles. The van der Waals surface area contributed by atoms with Crippen molar-refractivity contribution in [3.05, 3.63) is 82.5 Å². The number of ether oxygens (including phenoxy) is 2.